The van der Waals surface area contributed by atoms with Gasteiger partial charge in [0, 0.05) is 0 Å². The molecule has 1 aliphatic rings. The molecular weight excluding hydrogens is 230 g/mol. The van der Waals surface area contributed by atoms with E-state index < -0.39 is 0 Å². The van der Waals surface area contributed by atoms with Crippen molar-refractivity contribution < 1.29 is 0 Å². The molecule has 0 aliphatic heterocycles. The molecule has 1 aliphatic carbocycles. The van der Waals surface area contributed by atoms with Gasteiger partial charge in [-0.3, -0.25) is 0 Å². The predicted octanol–water partition coefficient (Wildman–Crippen LogP) is 5.87. The summed E-state index contributed by atoms with van der Waals surface area (Å²) in [5.41, 5.74) is 2.18. The molecule has 100 valence electrons. The van der Waals surface area contributed by atoms with Crippen molar-refractivity contribution in [2.24, 2.45) is 5.92 Å². The van der Waals surface area contributed by atoms with Crippen molar-refractivity contribution in [1.82, 2.24) is 0 Å². The Bertz CT molecular complexity index is 430. The van der Waals surface area contributed by atoms with Gasteiger partial charge in [0.05, 0.1) is 6.57 Å². The Labute approximate surface area is 117 Å². The van der Waals surface area contributed by atoms with E-state index in [2.05, 4.69) is 23.6 Å². The zero-order chi connectivity index (χ0) is 13.5. The van der Waals surface area contributed by atoms with Crippen LogP contribution in [0.15, 0.2) is 36.9 Å². The summed E-state index contributed by atoms with van der Waals surface area (Å²) in [6.45, 7) is 10.8. The molecule has 0 amide bonds. The Morgan fingerprint density at radius 1 is 1.16 bits per heavy atom. The van der Waals surface area contributed by atoms with Crippen LogP contribution in [-0.4, -0.2) is 0 Å². The van der Waals surface area contributed by atoms with Crippen molar-refractivity contribution in [1.29, 1.82) is 0 Å². The molecule has 1 aromatic rings. The first-order chi connectivity index (χ1) is 9.33. The van der Waals surface area contributed by atoms with Crippen molar-refractivity contribution >= 4 is 5.69 Å². The SMILES string of the molecule is [C-]#[N+]c1ccc(C2CCC(CCCC=C)CC2)cc1. The summed E-state index contributed by atoms with van der Waals surface area (Å²) in [5, 5.41) is 0. The number of nitrogens with zero attached hydrogens (tertiary/aromatic N) is 1. The third-order valence-electron chi connectivity index (χ3n) is 4.36. The van der Waals surface area contributed by atoms with Crippen LogP contribution < -0.4 is 0 Å². The lowest BCUT2D eigenvalue weighted by molar-refractivity contribution is 0.306. The first-order valence-electron chi connectivity index (χ1n) is 7.41. The van der Waals surface area contributed by atoms with E-state index in [0.29, 0.717) is 0 Å². The maximum absolute atomic E-state index is 6.98. The minimum atomic E-state index is 0.718. The van der Waals surface area contributed by atoms with Crippen molar-refractivity contribution in [2.75, 3.05) is 0 Å². The van der Waals surface area contributed by atoms with E-state index in [1.807, 2.05) is 18.2 Å². The fourth-order valence-electron chi connectivity index (χ4n) is 3.16. The normalized spacial score (nSPS) is 22.7. The van der Waals surface area contributed by atoms with E-state index in [4.69, 9.17) is 6.57 Å². The minimum absolute atomic E-state index is 0.718. The number of allylic oxidation sites excluding steroid dienone is 1. The maximum Gasteiger partial charge on any atom is 0.187 e. The van der Waals surface area contributed by atoms with Crippen molar-refractivity contribution in [2.45, 2.75) is 50.9 Å². The third kappa shape index (κ3) is 3.96. The molecule has 1 saturated carbocycles. The van der Waals surface area contributed by atoms with Crippen molar-refractivity contribution in [3.63, 3.8) is 0 Å². The van der Waals surface area contributed by atoms with Crippen LogP contribution in [0.25, 0.3) is 4.85 Å². The molecule has 0 spiro atoms. The highest BCUT2D eigenvalue weighted by Gasteiger charge is 2.21. The van der Waals surface area contributed by atoms with Gasteiger partial charge < -0.3 is 0 Å². The third-order valence-corrected chi connectivity index (χ3v) is 4.36. The van der Waals surface area contributed by atoms with Crippen LogP contribution in [-0.2, 0) is 0 Å². The van der Waals surface area contributed by atoms with Gasteiger partial charge in [-0.25, -0.2) is 4.85 Å². The summed E-state index contributed by atoms with van der Waals surface area (Å²) in [6, 6.07) is 8.21. The molecule has 1 heteroatoms. The van der Waals surface area contributed by atoms with Crippen molar-refractivity contribution in [3.05, 3.63) is 53.9 Å². The lowest BCUT2D eigenvalue weighted by Gasteiger charge is -2.28. The number of benzene rings is 1. The van der Waals surface area contributed by atoms with Gasteiger partial charge >= 0.3 is 0 Å². The highest BCUT2D eigenvalue weighted by Crippen LogP contribution is 2.38. The molecule has 0 unspecified atom stereocenters. The molecule has 2 rings (SSSR count). The van der Waals surface area contributed by atoms with E-state index in [1.165, 1.54) is 44.1 Å². The van der Waals surface area contributed by atoms with Gasteiger partial charge in [-0.2, -0.15) is 0 Å². The maximum atomic E-state index is 6.98. The van der Waals surface area contributed by atoms with Crippen LogP contribution in [0.1, 0.15) is 56.4 Å². The molecule has 0 aromatic heterocycles. The van der Waals surface area contributed by atoms with Gasteiger partial charge in [0.2, 0.25) is 0 Å². The number of rotatable bonds is 5. The van der Waals surface area contributed by atoms with Crippen LogP contribution in [0.5, 0.6) is 0 Å². The van der Waals surface area contributed by atoms with Crippen LogP contribution in [0.2, 0.25) is 0 Å². The molecule has 1 nitrogen and oxygen atoms in total. The van der Waals surface area contributed by atoms with Crippen LogP contribution >= 0.6 is 0 Å². The summed E-state index contributed by atoms with van der Waals surface area (Å²) in [6.07, 6.45) is 11.2. The number of hydrogen-bond acceptors (Lipinski definition) is 0. The summed E-state index contributed by atoms with van der Waals surface area (Å²) in [7, 11) is 0. The summed E-state index contributed by atoms with van der Waals surface area (Å²) in [4.78, 5) is 3.45. The molecule has 0 heterocycles. The first-order valence-corrected chi connectivity index (χ1v) is 7.41. The predicted molar refractivity (Wildman–Crippen MR) is 81.5 cm³/mol. The molecule has 19 heavy (non-hydrogen) atoms. The van der Waals surface area contributed by atoms with E-state index >= 15 is 0 Å². The van der Waals surface area contributed by atoms with Gasteiger partial charge in [0.1, 0.15) is 0 Å². The molecule has 0 atom stereocenters. The molecule has 1 aromatic carbocycles. The van der Waals surface area contributed by atoms with Gasteiger partial charge in [-0.15, -0.1) is 6.58 Å². The fourth-order valence-corrected chi connectivity index (χ4v) is 3.16. The van der Waals surface area contributed by atoms with Crippen LogP contribution in [0, 0.1) is 12.5 Å². The average molecular weight is 253 g/mol. The molecule has 0 saturated heterocycles. The molecule has 0 bridgehead atoms. The molecule has 0 radical (unpaired) electrons. The van der Waals surface area contributed by atoms with E-state index in [1.54, 1.807) is 0 Å². The summed E-state index contributed by atoms with van der Waals surface area (Å²) < 4.78 is 0. The molecule has 0 N–H and O–H groups in total. The van der Waals surface area contributed by atoms with Crippen molar-refractivity contribution in [3.8, 4) is 0 Å². The van der Waals surface area contributed by atoms with E-state index in [0.717, 1.165) is 23.9 Å². The smallest absolute Gasteiger partial charge is 0.187 e. The second kappa shape index (κ2) is 7.14. The van der Waals surface area contributed by atoms with Gasteiger partial charge in [0.15, 0.2) is 5.69 Å². The Hall–Kier alpha value is -1.55. The topological polar surface area (TPSA) is 4.36 Å². The Morgan fingerprint density at radius 2 is 1.84 bits per heavy atom. The lowest BCUT2D eigenvalue weighted by atomic mass is 9.77. The number of unbranched alkanes of at least 4 members (excludes halogenated alkanes) is 1. The second-order valence-electron chi connectivity index (χ2n) is 5.64. The first kappa shape index (κ1) is 13.9. The summed E-state index contributed by atoms with van der Waals surface area (Å²) in [5.74, 6) is 1.65. The lowest BCUT2D eigenvalue weighted by Crippen LogP contribution is -2.13. The largest absolute Gasteiger partial charge is 0.238 e. The fraction of sp³-hybridized carbons (Fsp3) is 0.500. The van der Waals surface area contributed by atoms with Gasteiger partial charge in [-0.05, 0) is 55.9 Å². The quantitative estimate of drug-likeness (QED) is 0.351. The minimum Gasteiger partial charge on any atom is -0.238 e. The second-order valence-corrected chi connectivity index (χ2v) is 5.64. The monoisotopic (exact) mass is 253 g/mol. The highest BCUT2D eigenvalue weighted by molar-refractivity contribution is 5.45. The van der Waals surface area contributed by atoms with Crippen LogP contribution in [0.4, 0.5) is 5.69 Å². The summed E-state index contributed by atoms with van der Waals surface area (Å²) >= 11 is 0. The molecular formula is C18H23N. The zero-order valence-electron chi connectivity index (χ0n) is 11.6. The van der Waals surface area contributed by atoms with Gasteiger partial charge in [-0.1, -0.05) is 36.8 Å². The average Bonchev–Trinajstić information content (AvgIpc) is 2.48. The standard InChI is InChI=1S/C18H23N/c1-3-4-5-6-15-7-9-16(10-8-15)17-11-13-18(19-2)14-12-17/h3,11-16H,1,4-10H2. The Morgan fingerprint density at radius 3 is 2.42 bits per heavy atom. The molecule has 1 fully saturated rings. The van der Waals surface area contributed by atoms with E-state index in [9.17, 15) is 0 Å². The Balaban J connectivity index is 1.82. The zero-order valence-corrected chi connectivity index (χ0v) is 11.6. The number of hydrogen-bond donors (Lipinski definition) is 0. The van der Waals surface area contributed by atoms with E-state index in [-0.39, 0.29) is 0 Å². The Kier molecular flexibility index (Phi) is 5.21. The highest BCUT2D eigenvalue weighted by atomic mass is 14.6. The van der Waals surface area contributed by atoms with Gasteiger partial charge in [0.25, 0.3) is 0 Å². The van der Waals surface area contributed by atoms with Crippen LogP contribution in [0.3, 0.4) is 0 Å².